The summed E-state index contributed by atoms with van der Waals surface area (Å²) in [7, 11) is 0. The van der Waals surface area contributed by atoms with Gasteiger partial charge in [0.25, 0.3) is 5.91 Å². The Kier molecular flexibility index (Phi) is 5.00. The number of aromatic nitrogens is 3. The molecule has 0 spiro atoms. The smallest absolute Gasteiger partial charge is 0.352 e. The number of carbonyl (C=O) groups excluding carboxylic acids is 2. The molecule has 0 atom stereocenters. The first-order chi connectivity index (χ1) is 14.6. The second-order valence-corrected chi connectivity index (χ2v) is 6.97. The number of hydrogen-bond donors (Lipinski definition) is 1. The molecule has 0 saturated heterocycles. The number of halogens is 4. The quantitative estimate of drug-likeness (QED) is 0.508. The number of rotatable bonds is 3. The number of nitrogens with zero attached hydrogens (tertiary/aromatic N) is 3. The molecule has 0 fully saturated rings. The lowest BCUT2D eigenvalue weighted by Crippen LogP contribution is -2.32. The minimum atomic E-state index is -4.81. The Labute approximate surface area is 173 Å². The van der Waals surface area contributed by atoms with Crippen LogP contribution in [0.15, 0.2) is 36.7 Å². The van der Waals surface area contributed by atoms with Gasteiger partial charge in [0.2, 0.25) is 5.78 Å². The number of benzene rings is 1. The van der Waals surface area contributed by atoms with E-state index < -0.39 is 28.9 Å². The van der Waals surface area contributed by atoms with E-state index in [0.29, 0.717) is 47.5 Å². The van der Waals surface area contributed by atoms with Crippen molar-refractivity contribution in [1.29, 1.82) is 0 Å². The van der Waals surface area contributed by atoms with Crippen molar-refractivity contribution in [1.82, 2.24) is 20.3 Å². The van der Waals surface area contributed by atoms with Gasteiger partial charge >= 0.3 is 6.18 Å². The zero-order valence-corrected chi connectivity index (χ0v) is 16.0. The first kappa shape index (κ1) is 20.6. The fourth-order valence-corrected chi connectivity index (χ4v) is 3.35. The number of pyridine rings is 1. The molecular weight excluding hydrogens is 416 g/mol. The summed E-state index contributed by atoms with van der Waals surface area (Å²) in [6.07, 6.45) is -1.59. The van der Waals surface area contributed by atoms with E-state index in [4.69, 9.17) is 0 Å². The van der Waals surface area contributed by atoms with Crippen LogP contribution >= 0.6 is 0 Å². The summed E-state index contributed by atoms with van der Waals surface area (Å²) in [5, 5.41) is 2.71. The number of amides is 1. The summed E-state index contributed by atoms with van der Waals surface area (Å²) in [6.45, 7) is 1.91. The highest BCUT2D eigenvalue weighted by Crippen LogP contribution is 2.31. The lowest BCUT2D eigenvalue weighted by molar-refractivity contribution is -0.137. The lowest BCUT2D eigenvalue weighted by atomic mass is 9.98. The van der Waals surface area contributed by atoms with Gasteiger partial charge in [0.1, 0.15) is 17.2 Å². The Morgan fingerprint density at radius 2 is 1.94 bits per heavy atom. The molecule has 1 aromatic carbocycles. The van der Waals surface area contributed by atoms with Crippen molar-refractivity contribution in [2.24, 2.45) is 0 Å². The molecule has 1 N–H and O–H groups in total. The standard InChI is InChI=1S/C21H14F4N4O2/c1-10-9-28-19(17-14-2-5-27-20(31)15(14)3-4-26-17)29-16(10)18(30)11-6-12(21(23,24)25)8-13(22)7-11/h3-4,6-9H,2,5H2,1H3,(H,27,31). The van der Waals surface area contributed by atoms with E-state index in [1.807, 2.05) is 0 Å². The van der Waals surface area contributed by atoms with Crippen LogP contribution in [0.25, 0.3) is 11.5 Å². The van der Waals surface area contributed by atoms with E-state index in [-0.39, 0.29) is 17.4 Å². The van der Waals surface area contributed by atoms with Crippen LogP contribution in [0, 0.1) is 12.7 Å². The van der Waals surface area contributed by atoms with E-state index in [1.54, 1.807) is 6.07 Å². The van der Waals surface area contributed by atoms with E-state index in [0.717, 1.165) is 6.07 Å². The highest BCUT2D eigenvalue weighted by Gasteiger charge is 2.32. The molecule has 6 nitrogen and oxygen atoms in total. The maximum absolute atomic E-state index is 13.8. The molecule has 0 aliphatic carbocycles. The highest BCUT2D eigenvalue weighted by atomic mass is 19.4. The predicted molar refractivity (Wildman–Crippen MR) is 101 cm³/mol. The van der Waals surface area contributed by atoms with Gasteiger partial charge in [0.15, 0.2) is 5.82 Å². The number of carbonyl (C=O) groups is 2. The van der Waals surface area contributed by atoms with Crippen LogP contribution in [0.5, 0.6) is 0 Å². The monoisotopic (exact) mass is 430 g/mol. The number of fused-ring (bicyclic) bond motifs is 1. The molecule has 1 aliphatic heterocycles. The van der Waals surface area contributed by atoms with Gasteiger partial charge in [-0.1, -0.05) is 0 Å². The van der Waals surface area contributed by atoms with Crippen molar-refractivity contribution < 1.29 is 27.2 Å². The predicted octanol–water partition coefficient (Wildman–Crippen LogP) is 3.52. The maximum Gasteiger partial charge on any atom is 0.416 e. The first-order valence-corrected chi connectivity index (χ1v) is 9.17. The van der Waals surface area contributed by atoms with Gasteiger partial charge in [-0.15, -0.1) is 0 Å². The van der Waals surface area contributed by atoms with Crippen LogP contribution in [-0.2, 0) is 12.6 Å². The summed E-state index contributed by atoms with van der Waals surface area (Å²) in [5.74, 6) is -2.29. The Hall–Kier alpha value is -3.69. The molecular formula is C21H14F4N4O2. The minimum Gasteiger partial charge on any atom is -0.352 e. The van der Waals surface area contributed by atoms with Crippen LogP contribution in [0.2, 0.25) is 0 Å². The van der Waals surface area contributed by atoms with Gasteiger partial charge in [-0.25, -0.2) is 14.4 Å². The molecule has 31 heavy (non-hydrogen) atoms. The molecule has 0 bridgehead atoms. The van der Waals surface area contributed by atoms with Gasteiger partial charge in [-0.05, 0) is 48.7 Å². The Morgan fingerprint density at radius 1 is 1.16 bits per heavy atom. The zero-order valence-electron chi connectivity index (χ0n) is 16.0. The molecule has 3 heterocycles. The van der Waals surface area contributed by atoms with Crippen molar-refractivity contribution in [3.05, 3.63) is 76.0 Å². The topological polar surface area (TPSA) is 84.8 Å². The molecule has 10 heteroatoms. The SMILES string of the molecule is Cc1cnc(-c2nccc3c2CCNC3=O)nc1C(=O)c1cc(F)cc(C(F)(F)F)c1. The van der Waals surface area contributed by atoms with Gasteiger partial charge in [0.05, 0.1) is 5.56 Å². The fourth-order valence-electron chi connectivity index (χ4n) is 3.35. The third kappa shape index (κ3) is 3.88. The molecule has 2 aromatic heterocycles. The number of hydrogen-bond acceptors (Lipinski definition) is 5. The van der Waals surface area contributed by atoms with Crippen molar-refractivity contribution in [2.75, 3.05) is 6.54 Å². The molecule has 1 aliphatic rings. The average Bonchev–Trinajstić information content (AvgIpc) is 2.72. The largest absolute Gasteiger partial charge is 0.416 e. The molecule has 0 radical (unpaired) electrons. The van der Waals surface area contributed by atoms with Crippen molar-refractivity contribution in [2.45, 2.75) is 19.5 Å². The van der Waals surface area contributed by atoms with E-state index in [2.05, 4.69) is 20.3 Å². The second kappa shape index (κ2) is 7.53. The van der Waals surface area contributed by atoms with E-state index in [1.165, 1.54) is 19.3 Å². The first-order valence-electron chi connectivity index (χ1n) is 9.17. The molecule has 4 rings (SSSR count). The summed E-state index contributed by atoms with van der Waals surface area (Å²) in [6, 6.07) is 3.19. The highest BCUT2D eigenvalue weighted by molar-refractivity contribution is 6.08. The van der Waals surface area contributed by atoms with Crippen molar-refractivity contribution >= 4 is 11.7 Å². The summed E-state index contributed by atoms with van der Waals surface area (Å²) >= 11 is 0. The van der Waals surface area contributed by atoms with Gasteiger partial charge in [0, 0.05) is 30.1 Å². The van der Waals surface area contributed by atoms with E-state index >= 15 is 0 Å². The number of nitrogens with one attached hydrogen (secondary N) is 1. The Morgan fingerprint density at radius 3 is 2.68 bits per heavy atom. The normalized spacial score (nSPS) is 13.5. The molecule has 1 amide bonds. The molecule has 0 saturated carbocycles. The third-order valence-corrected chi connectivity index (χ3v) is 4.85. The molecule has 3 aromatic rings. The van der Waals surface area contributed by atoms with Crippen molar-refractivity contribution in [3.8, 4) is 11.5 Å². The Balaban J connectivity index is 1.80. The maximum atomic E-state index is 13.8. The van der Waals surface area contributed by atoms with Gasteiger partial charge in [-0.2, -0.15) is 13.2 Å². The van der Waals surface area contributed by atoms with Gasteiger partial charge in [-0.3, -0.25) is 14.6 Å². The lowest BCUT2D eigenvalue weighted by Gasteiger charge is -2.18. The van der Waals surface area contributed by atoms with Crippen LogP contribution in [-0.4, -0.2) is 33.2 Å². The molecule has 158 valence electrons. The van der Waals surface area contributed by atoms with Gasteiger partial charge < -0.3 is 5.32 Å². The number of alkyl halides is 3. The number of ketones is 1. The Bertz CT molecular complexity index is 1220. The average molecular weight is 430 g/mol. The zero-order chi connectivity index (χ0) is 22.3. The number of aryl methyl sites for hydroxylation is 1. The van der Waals surface area contributed by atoms with E-state index in [9.17, 15) is 27.2 Å². The van der Waals surface area contributed by atoms with Crippen LogP contribution < -0.4 is 5.32 Å². The van der Waals surface area contributed by atoms with Crippen LogP contribution in [0.1, 0.15) is 43.1 Å². The van der Waals surface area contributed by atoms with Crippen molar-refractivity contribution in [3.63, 3.8) is 0 Å². The second-order valence-electron chi connectivity index (χ2n) is 6.97. The van der Waals surface area contributed by atoms with Crippen LogP contribution in [0.3, 0.4) is 0 Å². The molecule has 0 unspecified atom stereocenters. The summed E-state index contributed by atoms with van der Waals surface area (Å²) in [5.41, 5.74) is -0.309. The minimum absolute atomic E-state index is 0.0490. The summed E-state index contributed by atoms with van der Waals surface area (Å²) < 4.78 is 52.8. The van der Waals surface area contributed by atoms with Crippen LogP contribution in [0.4, 0.5) is 17.6 Å². The summed E-state index contributed by atoms with van der Waals surface area (Å²) in [4.78, 5) is 37.6. The third-order valence-electron chi connectivity index (χ3n) is 4.85. The fraction of sp³-hybridized carbons (Fsp3) is 0.190.